The van der Waals surface area contributed by atoms with E-state index in [4.69, 9.17) is 0 Å². The van der Waals surface area contributed by atoms with Gasteiger partial charge in [0.15, 0.2) is 6.20 Å². The number of nitrogens with zero attached hydrogens (tertiary/aromatic N) is 3. The van der Waals surface area contributed by atoms with Crippen LogP contribution in [0, 0.1) is 10.1 Å². The molecule has 0 radical (unpaired) electrons. The zero-order chi connectivity index (χ0) is 12.3. The topological polar surface area (TPSA) is 59.3 Å². The molecule has 0 N–H and O–H groups in total. The zero-order valence-corrected chi connectivity index (χ0v) is 9.28. The summed E-state index contributed by atoms with van der Waals surface area (Å²) in [5.74, 6) is -0.143. The van der Waals surface area contributed by atoms with Gasteiger partial charge in [-0.1, -0.05) is 18.2 Å². The average Bonchev–Trinajstić information content (AvgIpc) is 2.39. The van der Waals surface area contributed by atoms with Gasteiger partial charge in [-0.3, -0.25) is 0 Å². The van der Waals surface area contributed by atoms with Crippen molar-refractivity contribution < 1.29 is 4.92 Å². The highest BCUT2D eigenvalue weighted by Gasteiger charge is 2.09. The van der Waals surface area contributed by atoms with Crippen molar-refractivity contribution in [3.05, 3.63) is 58.8 Å². The van der Waals surface area contributed by atoms with E-state index in [0.29, 0.717) is 0 Å². The third kappa shape index (κ3) is 2.39. The number of para-hydroxylation sites is 1. The van der Waals surface area contributed by atoms with Crippen LogP contribution >= 0.6 is 0 Å². The van der Waals surface area contributed by atoms with Gasteiger partial charge in [0.05, 0.1) is 5.69 Å². The Morgan fingerprint density at radius 3 is 2.35 bits per heavy atom. The molecule has 0 saturated heterocycles. The fourth-order valence-electron chi connectivity index (χ4n) is 1.49. The summed E-state index contributed by atoms with van der Waals surface area (Å²) < 4.78 is 0. The predicted molar refractivity (Wildman–Crippen MR) is 65.4 cm³/mol. The molecule has 1 aromatic heterocycles. The molecule has 86 valence electrons. The van der Waals surface area contributed by atoms with E-state index in [1.165, 1.54) is 12.3 Å². The van der Waals surface area contributed by atoms with Crippen LogP contribution in [-0.4, -0.2) is 17.0 Å². The molecule has 1 aromatic carbocycles. The third-order valence-corrected chi connectivity index (χ3v) is 2.45. The fourth-order valence-corrected chi connectivity index (χ4v) is 1.49. The van der Waals surface area contributed by atoms with Crippen LogP contribution in [0.2, 0.25) is 0 Å². The Labute approximate surface area is 98.5 Å². The molecule has 0 aliphatic carbocycles. The van der Waals surface area contributed by atoms with Gasteiger partial charge in [-0.2, -0.15) is 0 Å². The summed E-state index contributed by atoms with van der Waals surface area (Å²) in [5, 5.41) is 10.5. The van der Waals surface area contributed by atoms with Crippen LogP contribution in [0.1, 0.15) is 0 Å². The fraction of sp³-hybridized carbons (Fsp3) is 0.0833. The van der Waals surface area contributed by atoms with Crippen LogP contribution in [0.15, 0.2) is 48.7 Å². The van der Waals surface area contributed by atoms with E-state index < -0.39 is 4.92 Å². The van der Waals surface area contributed by atoms with Crippen molar-refractivity contribution >= 4 is 17.2 Å². The van der Waals surface area contributed by atoms with E-state index >= 15 is 0 Å². The summed E-state index contributed by atoms with van der Waals surface area (Å²) in [5.41, 5.74) is 1.81. The second-order valence-electron chi connectivity index (χ2n) is 3.53. The minimum absolute atomic E-state index is 0.143. The number of benzene rings is 1. The third-order valence-electron chi connectivity index (χ3n) is 2.45. The Hall–Kier alpha value is -2.43. The molecular formula is C12H11N3O2. The van der Waals surface area contributed by atoms with Crippen LogP contribution in [0.5, 0.6) is 0 Å². The van der Waals surface area contributed by atoms with Crippen LogP contribution < -0.4 is 4.90 Å². The maximum absolute atomic E-state index is 10.5. The van der Waals surface area contributed by atoms with Gasteiger partial charge in [0, 0.05) is 18.8 Å². The molecule has 5 heteroatoms. The van der Waals surface area contributed by atoms with Crippen molar-refractivity contribution in [1.29, 1.82) is 0 Å². The Kier molecular flexibility index (Phi) is 3.00. The Morgan fingerprint density at radius 2 is 1.82 bits per heavy atom. The molecule has 1 heterocycles. The predicted octanol–water partition coefficient (Wildman–Crippen LogP) is 2.76. The SMILES string of the molecule is CN(c1ccccc1)c1ccc([N+](=O)[O-])nc1. The van der Waals surface area contributed by atoms with Gasteiger partial charge in [0.1, 0.15) is 0 Å². The number of pyridine rings is 1. The lowest BCUT2D eigenvalue weighted by molar-refractivity contribution is -0.389. The molecule has 17 heavy (non-hydrogen) atoms. The van der Waals surface area contributed by atoms with E-state index in [0.717, 1.165) is 11.4 Å². The van der Waals surface area contributed by atoms with E-state index in [2.05, 4.69) is 4.98 Å². The van der Waals surface area contributed by atoms with Crippen LogP contribution in [0.4, 0.5) is 17.2 Å². The van der Waals surface area contributed by atoms with E-state index in [1.807, 2.05) is 42.3 Å². The molecule has 2 rings (SSSR count). The number of anilines is 2. The first kappa shape index (κ1) is 11.1. The van der Waals surface area contributed by atoms with Gasteiger partial charge in [-0.25, -0.2) is 0 Å². The summed E-state index contributed by atoms with van der Waals surface area (Å²) in [7, 11) is 1.89. The zero-order valence-electron chi connectivity index (χ0n) is 9.28. The smallest absolute Gasteiger partial charge is 0.358 e. The highest BCUT2D eigenvalue weighted by molar-refractivity contribution is 5.61. The number of aromatic nitrogens is 1. The Balaban J connectivity index is 2.26. The van der Waals surface area contributed by atoms with Crippen molar-refractivity contribution in [3.8, 4) is 0 Å². The van der Waals surface area contributed by atoms with Crippen LogP contribution in [-0.2, 0) is 0 Å². The first-order valence-corrected chi connectivity index (χ1v) is 5.08. The Morgan fingerprint density at radius 1 is 1.12 bits per heavy atom. The second kappa shape index (κ2) is 4.61. The highest BCUT2D eigenvalue weighted by atomic mass is 16.6. The average molecular weight is 229 g/mol. The number of hydrogen-bond acceptors (Lipinski definition) is 4. The molecule has 0 aliphatic rings. The second-order valence-corrected chi connectivity index (χ2v) is 3.53. The molecule has 0 aliphatic heterocycles. The molecule has 0 unspecified atom stereocenters. The van der Waals surface area contributed by atoms with Gasteiger partial charge >= 0.3 is 5.82 Å². The van der Waals surface area contributed by atoms with E-state index in [1.54, 1.807) is 6.07 Å². The number of nitro groups is 1. The summed E-state index contributed by atoms with van der Waals surface area (Å²) >= 11 is 0. The molecular weight excluding hydrogens is 218 g/mol. The van der Waals surface area contributed by atoms with Crippen LogP contribution in [0.25, 0.3) is 0 Å². The quantitative estimate of drug-likeness (QED) is 0.599. The molecule has 5 nitrogen and oxygen atoms in total. The lowest BCUT2D eigenvalue weighted by Crippen LogP contribution is -2.09. The summed E-state index contributed by atoms with van der Waals surface area (Å²) in [6.45, 7) is 0. The van der Waals surface area contributed by atoms with Gasteiger partial charge < -0.3 is 15.0 Å². The van der Waals surface area contributed by atoms with Gasteiger partial charge in [0.25, 0.3) is 0 Å². The normalized spacial score (nSPS) is 9.94. The van der Waals surface area contributed by atoms with Crippen molar-refractivity contribution in [1.82, 2.24) is 4.98 Å². The maximum Gasteiger partial charge on any atom is 0.363 e. The highest BCUT2D eigenvalue weighted by Crippen LogP contribution is 2.23. The summed E-state index contributed by atoms with van der Waals surface area (Å²) in [6, 6.07) is 12.8. The van der Waals surface area contributed by atoms with Crippen molar-refractivity contribution in [3.63, 3.8) is 0 Å². The van der Waals surface area contributed by atoms with Crippen molar-refractivity contribution in [2.45, 2.75) is 0 Å². The molecule has 0 fully saturated rings. The first-order valence-electron chi connectivity index (χ1n) is 5.08. The molecule has 0 atom stereocenters. The first-order chi connectivity index (χ1) is 8.18. The lowest BCUT2D eigenvalue weighted by Gasteiger charge is -2.17. The number of hydrogen-bond donors (Lipinski definition) is 0. The summed E-state index contributed by atoms with van der Waals surface area (Å²) in [6.07, 6.45) is 1.49. The lowest BCUT2D eigenvalue weighted by atomic mass is 10.3. The number of rotatable bonds is 3. The standard InChI is InChI=1S/C12H11N3O2/c1-14(10-5-3-2-4-6-10)11-7-8-12(13-9-11)15(16)17/h2-9H,1H3. The Bertz CT molecular complexity index is 511. The largest absolute Gasteiger partial charge is 0.363 e. The molecule has 2 aromatic rings. The molecule has 0 bridgehead atoms. The molecule has 0 saturated carbocycles. The van der Waals surface area contributed by atoms with Crippen molar-refractivity contribution in [2.24, 2.45) is 0 Å². The van der Waals surface area contributed by atoms with Crippen LogP contribution in [0.3, 0.4) is 0 Å². The summed E-state index contributed by atoms with van der Waals surface area (Å²) in [4.78, 5) is 15.7. The molecule has 0 spiro atoms. The minimum Gasteiger partial charge on any atom is -0.358 e. The van der Waals surface area contributed by atoms with Crippen molar-refractivity contribution in [2.75, 3.05) is 11.9 Å². The van der Waals surface area contributed by atoms with Gasteiger partial charge in [-0.15, -0.1) is 0 Å². The maximum atomic E-state index is 10.5. The molecule has 0 amide bonds. The van der Waals surface area contributed by atoms with Gasteiger partial charge in [-0.05, 0) is 28.1 Å². The monoisotopic (exact) mass is 229 g/mol. The van der Waals surface area contributed by atoms with Gasteiger partial charge in [0.2, 0.25) is 0 Å². The van der Waals surface area contributed by atoms with E-state index in [9.17, 15) is 10.1 Å². The van der Waals surface area contributed by atoms with E-state index in [-0.39, 0.29) is 5.82 Å². The minimum atomic E-state index is -0.508.